The molecule has 0 aliphatic carbocycles. The summed E-state index contributed by atoms with van der Waals surface area (Å²) in [5.74, 6) is 0. The molecule has 1 nitrogen and oxygen atoms in total. The average Bonchev–Trinajstić information content (AvgIpc) is 2.32. The molecular formula is C15H16IN. The van der Waals surface area contributed by atoms with Gasteiger partial charge in [0.2, 0.25) is 0 Å². The van der Waals surface area contributed by atoms with Crippen LogP contribution in [0.3, 0.4) is 0 Å². The van der Waals surface area contributed by atoms with Crippen LogP contribution in [0, 0.1) is 17.4 Å². The van der Waals surface area contributed by atoms with Gasteiger partial charge in [0.15, 0.2) is 0 Å². The summed E-state index contributed by atoms with van der Waals surface area (Å²) < 4.78 is 1.26. The van der Waals surface area contributed by atoms with E-state index in [2.05, 4.69) is 84.2 Å². The number of nitrogens with one attached hydrogen (secondary N) is 1. The standard InChI is InChI=1S/C15H16IN/c1-11-3-6-13(7-4-11)10-17-15-9-14(16)8-5-12(15)2/h3-9,17H,10H2,1-2H3. The minimum Gasteiger partial charge on any atom is -0.381 e. The Hall–Kier alpha value is -1.03. The zero-order valence-corrected chi connectivity index (χ0v) is 12.3. The number of benzene rings is 2. The van der Waals surface area contributed by atoms with E-state index in [9.17, 15) is 0 Å². The molecule has 17 heavy (non-hydrogen) atoms. The van der Waals surface area contributed by atoms with Crippen LogP contribution in [0.15, 0.2) is 42.5 Å². The molecule has 0 atom stereocenters. The SMILES string of the molecule is Cc1ccc(CNc2cc(I)ccc2C)cc1. The Morgan fingerprint density at radius 1 is 1.00 bits per heavy atom. The van der Waals surface area contributed by atoms with Gasteiger partial charge in [-0.1, -0.05) is 35.9 Å². The Morgan fingerprint density at radius 3 is 2.41 bits per heavy atom. The zero-order chi connectivity index (χ0) is 12.3. The highest BCUT2D eigenvalue weighted by molar-refractivity contribution is 14.1. The van der Waals surface area contributed by atoms with Crippen molar-refractivity contribution in [2.75, 3.05) is 5.32 Å². The summed E-state index contributed by atoms with van der Waals surface area (Å²) >= 11 is 2.34. The molecule has 2 aromatic carbocycles. The number of aryl methyl sites for hydroxylation is 2. The molecule has 0 fully saturated rings. The second-order valence-corrected chi connectivity index (χ2v) is 5.54. The molecular weight excluding hydrogens is 321 g/mol. The summed E-state index contributed by atoms with van der Waals surface area (Å²) in [6.07, 6.45) is 0. The molecule has 2 heteroatoms. The Kier molecular flexibility index (Phi) is 4.05. The second kappa shape index (κ2) is 5.54. The van der Waals surface area contributed by atoms with Gasteiger partial charge in [0.25, 0.3) is 0 Å². The van der Waals surface area contributed by atoms with E-state index in [0.29, 0.717) is 0 Å². The lowest BCUT2D eigenvalue weighted by Crippen LogP contribution is -2.01. The van der Waals surface area contributed by atoms with Crippen molar-refractivity contribution in [1.82, 2.24) is 0 Å². The Morgan fingerprint density at radius 2 is 1.71 bits per heavy atom. The van der Waals surface area contributed by atoms with Gasteiger partial charge in [0, 0.05) is 15.8 Å². The zero-order valence-electron chi connectivity index (χ0n) is 10.1. The molecule has 0 unspecified atom stereocenters. The monoisotopic (exact) mass is 337 g/mol. The van der Waals surface area contributed by atoms with Gasteiger partial charge in [-0.05, 0) is 59.7 Å². The van der Waals surface area contributed by atoms with Crippen LogP contribution >= 0.6 is 22.6 Å². The van der Waals surface area contributed by atoms with E-state index in [-0.39, 0.29) is 0 Å². The predicted molar refractivity (Wildman–Crippen MR) is 82.4 cm³/mol. The maximum Gasteiger partial charge on any atom is 0.0400 e. The van der Waals surface area contributed by atoms with Crippen LogP contribution in [0.5, 0.6) is 0 Å². The van der Waals surface area contributed by atoms with Crippen molar-refractivity contribution in [3.05, 3.63) is 62.7 Å². The van der Waals surface area contributed by atoms with Crippen LogP contribution in [0.4, 0.5) is 5.69 Å². The molecule has 0 heterocycles. The van der Waals surface area contributed by atoms with Crippen molar-refractivity contribution in [2.24, 2.45) is 0 Å². The van der Waals surface area contributed by atoms with Crippen molar-refractivity contribution in [1.29, 1.82) is 0 Å². The fourth-order valence-electron chi connectivity index (χ4n) is 1.69. The summed E-state index contributed by atoms with van der Waals surface area (Å²) in [7, 11) is 0. The van der Waals surface area contributed by atoms with Gasteiger partial charge in [-0.15, -0.1) is 0 Å². The quantitative estimate of drug-likeness (QED) is 0.812. The number of hydrogen-bond acceptors (Lipinski definition) is 1. The van der Waals surface area contributed by atoms with E-state index in [1.54, 1.807) is 0 Å². The normalized spacial score (nSPS) is 10.3. The molecule has 0 aliphatic heterocycles. The largest absolute Gasteiger partial charge is 0.381 e. The first kappa shape index (κ1) is 12.4. The maximum absolute atomic E-state index is 3.48. The molecule has 0 amide bonds. The molecule has 1 N–H and O–H groups in total. The molecule has 0 aliphatic rings. The lowest BCUT2D eigenvalue weighted by atomic mass is 10.1. The van der Waals surface area contributed by atoms with E-state index in [0.717, 1.165) is 6.54 Å². The van der Waals surface area contributed by atoms with E-state index in [1.807, 2.05) is 0 Å². The van der Waals surface area contributed by atoms with Crippen molar-refractivity contribution in [2.45, 2.75) is 20.4 Å². The van der Waals surface area contributed by atoms with E-state index in [1.165, 1.54) is 25.9 Å². The number of hydrogen-bond donors (Lipinski definition) is 1. The third-order valence-electron chi connectivity index (χ3n) is 2.80. The molecule has 0 spiro atoms. The minimum atomic E-state index is 0.876. The highest BCUT2D eigenvalue weighted by Crippen LogP contribution is 2.19. The van der Waals surface area contributed by atoms with E-state index in [4.69, 9.17) is 0 Å². The van der Waals surface area contributed by atoms with Gasteiger partial charge < -0.3 is 5.32 Å². The van der Waals surface area contributed by atoms with Crippen molar-refractivity contribution in [3.8, 4) is 0 Å². The number of halogens is 1. The van der Waals surface area contributed by atoms with Crippen molar-refractivity contribution in [3.63, 3.8) is 0 Å². The first-order chi connectivity index (χ1) is 8.15. The summed E-state index contributed by atoms with van der Waals surface area (Å²) in [6.45, 7) is 5.12. The predicted octanol–water partition coefficient (Wildman–Crippen LogP) is 4.52. The Balaban J connectivity index is 2.07. The van der Waals surface area contributed by atoms with Crippen LogP contribution in [-0.4, -0.2) is 0 Å². The first-order valence-electron chi connectivity index (χ1n) is 5.71. The third-order valence-corrected chi connectivity index (χ3v) is 3.47. The van der Waals surface area contributed by atoms with Crippen LogP contribution < -0.4 is 5.32 Å². The molecule has 0 saturated heterocycles. The van der Waals surface area contributed by atoms with Crippen LogP contribution in [0.1, 0.15) is 16.7 Å². The fraction of sp³-hybridized carbons (Fsp3) is 0.200. The number of rotatable bonds is 3. The van der Waals surface area contributed by atoms with E-state index >= 15 is 0 Å². The first-order valence-corrected chi connectivity index (χ1v) is 6.78. The van der Waals surface area contributed by atoms with Crippen LogP contribution in [0.25, 0.3) is 0 Å². The minimum absolute atomic E-state index is 0.876. The van der Waals surface area contributed by atoms with Gasteiger partial charge in [-0.3, -0.25) is 0 Å². The lowest BCUT2D eigenvalue weighted by molar-refractivity contribution is 1.13. The van der Waals surface area contributed by atoms with Gasteiger partial charge in [0.1, 0.15) is 0 Å². The lowest BCUT2D eigenvalue weighted by Gasteiger charge is -2.10. The van der Waals surface area contributed by atoms with Gasteiger partial charge >= 0.3 is 0 Å². The van der Waals surface area contributed by atoms with Crippen LogP contribution in [-0.2, 0) is 6.54 Å². The molecule has 0 saturated carbocycles. The van der Waals surface area contributed by atoms with Crippen molar-refractivity contribution >= 4 is 28.3 Å². The van der Waals surface area contributed by atoms with Crippen LogP contribution in [0.2, 0.25) is 0 Å². The summed E-state index contributed by atoms with van der Waals surface area (Å²) in [4.78, 5) is 0. The molecule has 0 radical (unpaired) electrons. The summed E-state index contributed by atoms with van der Waals surface area (Å²) in [5, 5.41) is 3.48. The highest BCUT2D eigenvalue weighted by Gasteiger charge is 1.99. The third kappa shape index (κ3) is 3.46. The highest BCUT2D eigenvalue weighted by atomic mass is 127. The number of anilines is 1. The molecule has 88 valence electrons. The van der Waals surface area contributed by atoms with Gasteiger partial charge in [-0.25, -0.2) is 0 Å². The van der Waals surface area contributed by atoms with Gasteiger partial charge in [-0.2, -0.15) is 0 Å². The molecule has 2 aromatic rings. The van der Waals surface area contributed by atoms with Gasteiger partial charge in [0.05, 0.1) is 0 Å². The topological polar surface area (TPSA) is 12.0 Å². The van der Waals surface area contributed by atoms with Crippen molar-refractivity contribution < 1.29 is 0 Å². The fourth-order valence-corrected chi connectivity index (χ4v) is 2.18. The smallest absolute Gasteiger partial charge is 0.0400 e. The molecule has 0 aromatic heterocycles. The second-order valence-electron chi connectivity index (χ2n) is 4.30. The summed E-state index contributed by atoms with van der Waals surface area (Å²) in [6, 6.07) is 15.1. The average molecular weight is 337 g/mol. The maximum atomic E-state index is 3.48. The Bertz CT molecular complexity index is 503. The molecule has 0 bridgehead atoms. The van der Waals surface area contributed by atoms with E-state index < -0.39 is 0 Å². The summed E-state index contributed by atoms with van der Waals surface area (Å²) in [5.41, 5.74) is 5.13. The Labute approximate surface area is 116 Å². The molecule has 2 rings (SSSR count).